The highest BCUT2D eigenvalue weighted by atomic mass is 16.3. The first-order valence-corrected chi connectivity index (χ1v) is 11.2. The molecule has 0 radical (unpaired) electrons. The predicted molar refractivity (Wildman–Crippen MR) is 124 cm³/mol. The van der Waals surface area contributed by atoms with Gasteiger partial charge >= 0.3 is 0 Å². The Balaban J connectivity index is 1.51. The molecule has 1 saturated carbocycles. The number of phenols is 1. The third-order valence-corrected chi connectivity index (χ3v) is 7.31. The van der Waals surface area contributed by atoms with Crippen molar-refractivity contribution in [3.8, 4) is 17.6 Å². The third-order valence-electron chi connectivity index (χ3n) is 7.31. The van der Waals surface area contributed by atoms with Crippen LogP contribution in [0.3, 0.4) is 0 Å². The Kier molecular flexibility index (Phi) is 5.08. The fraction of sp³-hybridized carbons (Fsp3) is 0.310. The highest BCUT2D eigenvalue weighted by Crippen LogP contribution is 2.54. The first-order valence-electron chi connectivity index (χ1n) is 11.2. The van der Waals surface area contributed by atoms with Gasteiger partial charge in [0.15, 0.2) is 0 Å². The Bertz CT molecular complexity index is 1130. The molecule has 3 atom stereocenters. The van der Waals surface area contributed by atoms with Gasteiger partial charge in [-0.05, 0) is 85.4 Å². The number of hydrogen-bond donors (Lipinski definition) is 2. The zero-order chi connectivity index (χ0) is 21.3. The summed E-state index contributed by atoms with van der Waals surface area (Å²) in [6.45, 7) is 0. The lowest BCUT2D eigenvalue weighted by atomic mass is 9.52. The van der Waals surface area contributed by atoms with E-state index in [1.165, 1.54) is 16.7 Å². The molecule has 0 amide bonds. The number of rotatable bonds is 2. The summed E-state index contributed by atoms with van der Waals surface area (Å²) in [4.78, 5) is 0. The average molecular weight is 409 g/mol. The van der Waals surface area contributed by atoms with Gasteiger partial charge in [-0.2, -0.15) is 0 Å². The molecule has 156 valence electrons. The molecule has 0 bridgehead atoms. The van der Waals surface area contributed by atoms with E-state index in [1.54, 1.807) is 0 Å². The largest absolute Gasteiger partial charge is 0.508 e. The first kappa shape index (κ1) is 19.9. The molecule has 0 aromatic heterocycles. The number of aromatic hydroxyl groups is 1. The standard InChI is InChI=1S/C29H28O2/c30-26-13-14-27-24(19-26)11-12-25-21-28(31,16-15-22-7-3-1-4-8-22)17-18-29(25,27)20-23-9-5-2-6-10-23/h1-10,13-14,19,25,30-31H,11-12,17-18,20-21H2/t25-,28-,29+/m1/s1. The van der Waals surface area contributed by atoms with Gasteiger partial charge in [-0.15, -0.1) is 0 Å². The molecule has 31 heavy (non-hydrogen) atoms. The second-order valence-electron chi connectivity index (χ2n) is 9.25. The van der Waals surface area contributed by atoms with Gasteiger partial charge in [0, 0.05) is 11.0 Å². The Morgan fingerprint density at radius 1 is 0.903 bits per heavy atom. The minimum absolute atomic E-state index is 0.0245. The van der Waals surface area contributed by atoms with E-state index < -0.39 is 5.60 Å². The fourth-order valence-electron chi connectivity index (χ4n) is 5.79. The summed E-state index contributed by atoms with van der Waals surface area (Å²) >= 11 is 0. The van der Waals surface area contributed by atoms with Gasteiger partial charge in [-0.3, -0.25) is 0 Å². The highest BCUT2D eigenvalue weighted by molar-refractivity contribution is 5.45. The molecule has 5 rings (SSSR count). The van der Waals surface area contributed by atoms with Gasteiger partial charge in [0.25, 0.3) is 0 Å². The molecule has 2 N–H and O–H groups in total. The molecule has 2 aliphatic carbocycles. The molecule has 0 heterocycles. The Labute approximate surface area is 184 Å². The number of benzene rings is 3. The molecule has 0 aliphatic heterocycles. The zero-order valence-corrected chi connectivity index (χ0v) is 17.7. The molecule has 2 nitrogen and oxygen atoms in total. The molecule has 0 unspecified atom stereocenters. The molecule has 3 aromatic carbocycles. The van der Waals surface area contributed by atoms with Crippen LogP contribution < -0.4 is 0 Å². The summed E-state index contributed by atoms with van der Waals surface area (Å²) in [5, 5.41) is 21.5. The minimum Gasteiger partial charge on any atom is -0.508 e. The first-order chi connectivity index (χ1) is 15.1. The van der Waals surface area contributed by atoms with Crippen LogP contribution in [0.2, 0.25) is 0 Å². The lowest BCUT2D eigenvalue weighted by Gasteiger charge is -2.52. The third kappa shape index (κ3) is 3.87. The van der Waals surface area contributed by atoms with E-state index >= 15 is 0 Å². The normalized spacial score (nSPS) is 26.8. The van der Waals surface area contributed by atoms with Crippen LogP contribution in [0, 0.1) is 17.8 Å². The van der Waals surface area contributed by atoms with Crippen molar-refractivity contribution in [2.75, 3.05) is 0 Å². The van der Waals surface area contributed by atoms with Crippen molar-refractivity contribution in [3.63, 3.8) is 0 Å². The summed E-state index contributed by atoms with van der Waals surface area (Å²) in [5.74, 6) is 7.13. The highest BCUT2D eigenvalue weighted by Gasteiger charge is 2.51. The Morgan fingerprint density at radius 3 is 2.42 bits per heavy atom. The monoisotopic (exact) mass is 408 g/mol. The molecule has 0 saturated heterocycles. The lowest BCUT2D eigenvalue weighted by molar-refractivity contribution is -0.00802. The van der Waals surface area contributed by atoms with Crippen LogP contribution in [0.1, 0.15) is 47.9 Å². The van der Waals surface area contributed by atoms with Gasteiger partial charge in [-0.25, -0.2) is 0 Å². The summed E-state index contributed by atoms with van der Waals surface area (Å²) in [7, 11) is 0. The van der Waals surface area contributed by atoms with Crippen molar-refractivity contribution in [2.24, 2.45) is 5.92 Å². The zero-order valence-electron chi connectivity index (χ0n) is 17.7. The van der Waals surface area contributed by atoms with Crippen LogP contribution in [0.25, 0.3) is 0 Å². The SMILES string of the molecule is Oc1ccc2c(c1)CC[C@@H]1C[C@@](O)(C#Cc3ccccc3)CC[C@@]21Cc1ccccc1. The van der Waals surface area contributed by atoms with E-state index in [0.717, 1.165) is 31.2 Å². The smallest absolute Gasteiger partial charge is 0.126 e. The van der Waals surface area contributed by atoms with Gasteiger partial charge in [0.05, 0.1) is 0 Å². The molecule has 3 aromatic rings. The quantitative estimate of drug-likeness (QED) is 0.557. The molecule has 2 aliphatic rings. The summed E-state index contributed by atoms with van der Waals surface area (Å²) in [6.07, 6.45) is 5.16. The maximum absolute atomic E-state index is 11.4. The van der Waals surface area contributed by atoms with Gasteiger partial charge < -0.3 is 10.2 Å². The van der Waals surface area contributed by atoms with E-state index in [-0.39, 0.29) is 5.41 Å². The topological polar surface area (TPSA) is 40.5 Å². The number of fused-ring (bicyclic) bond motifs is 3. The van der Waals surface area contributed by atoms with Crippen LogP contribution in [0.4, 0.5) is 0 Å². The van der Waals surface area contributed by atoms with Crippen LogP contribution in [-0.2, 0) is 18.3 Å². The van der Waals surface area contributed by atoms with Crippen LogP contribution in [-0.4, -0.2) is 15.8 Å². The predicted octanol–water partition coefficient (Wildman–Crippen LogP) is 5.40. The second-order valence-corrected chi connectivity index (χ2v) is 9.25. The Morgan fingerprint density at radius 2 is 1.65 bits per heavy atom. The maximum Gasteiger partial charge on any atom is 0.126 e. The average Bonchev–Trinajstić information content (AvgIpc) is 2.79. The van der Waals surface area contributed by atoms with Crippen molar-refractivity contribution >= 4 is 0 Å². The number of phenolic OH excluding ortho intramolecular Hbond substituents is 1. The molecule has 2 heteroatoms. The van der Waals surface area contributed by atoms with Crippen LogP contribution >= 0.6 is 0 Å². The number of hydrogen-bond acceptors (Lipinski definition) is 2. The molecular weight excluding hydrogens is 380 g/mol. The van der Waals surface area contributed by atoms with Crippen molar-refractivity contribution in [2.45, 2.75) is 49.5 Å². The van der Waals surface area contributed by atoms with Gasteiger partial charge in [0.1, 0.15) is 11.4 Å². The van der Waals surface area contributed by atoms with E-state index in [1.807, 2.05) is 42.5 Å². The fourth-order valence-corrected chi connectivity index (χ4v) is 5.79. The Hall–Kier alpha value is -3.02. The van der Waals surface area contributed by atoms with Gasteiger partial charge in [0.2, 0.25) is 0 Å². The van der Waals surface area contributed by atoms with Crippen LogP contribution in [0.5, 0.6) is 5.75 Å². The minimum atomic E-state index is -0.949. The number of aliphatic hydroxyl groups is 1. The van der Waals surface area contributed by atoms with Crippen molar-refractivity contribution < 1.29 is 10.2 Å². The molecular formula is C29H28O2. The van der Waals surface area contributed by atoms with E-state index in [2.05, 4.69) is 48.2 Å². The summed E-state index contributed by atoms with van der Waals surface area (Å²) in [6, 6.07) is 26.5. The molecule has 0 spiro atoms. The second kappa shape index (κ2) is 7.91. The maximum atomic E-state index is 11.4. The van der Waals surface area contributed by atoms with E-state index in [0.29, 0.717) is 24.5 Å². The van der Waals surface area contributed by atoms with Gasteiger partial charge in [-0.1, -0.05) is 66.4 Å². The lowest BCUT2D eigenvalue weighted by Crippen LogP contribution is -2.50. The molecule has 1 fully saturated rings. The van der Waals surface area contributed by atoms with Crippen molar-refractivity contribution in [1.29, 1.82) is 0 Å². The van der Waals surface area contributed by atoms with Crippen molar-refractivity contribution in [3.05, 3.63) is 101 Å². The summed E-state index contributed by atoms with van der Waals surface area (Å²) < 4.78 is 0. The van der Waals surface area contributed by atoms with E-state index in [9.17, 15) is 10.2 Å². The summed E-state index contributed by atoms with van der Waals surface area (Å²) in [5.41, 5.74) is 3.91. The van der Waals surface area contributed by atoms with Crippen molar-refractivity contribution in [1.82, 2.24) is 0 Å². The van der Waals surface area contributed by atoms with E-state index in [4.69, 9.17) is 0 Å². The number of aryl methyl sites for hydroxylation is 1. The van der Waals surface area contributed by atoms with Crippen LogP contribution in [0.15, 0.2) is 78.9 Å².